The molecule has 0 aromatic carbocycles. The van der Waals surface area contributed by atoms with Crippen LogP contribution < -0.4 is 21.5 Å². The van der Waals surface area contributed by atoms with Crippen molar-refractivity contribution in [1.82, 2.24) is 30.8 Å². The molecule has 1 saturated heterocycles. The van der Waals surface area contributed by atoms with E-state index in [9.17, 15) is 0 Å². The molecule has 5 rings (SSSR count). The molecule has 7 nitrogen and oxygen atoms in total. The van der Waals surface area contributed by atoms with Gasteiger partial charge in [-0.3, -0.25) is 0 Å². The van der Waals surface area contributed by atoms with Crippen LogP contribution in [0.4, 0.5) is 5.82 Å². The third-order valence-electron chi connectivity index (χ3n) is 5.89. The Morgan fingerprint density at radius 2 is 2.08 bits per heavy atom. The SMILES string of the molecule is C1=C(c2cnn3c(NC4CCCC4)cc(C4CCCNC4)nc23)CNN1. The minimum absolute atomic E-state index is 0.481. The van der Waals surface area contributed by atoms with Gasteiger partial charge in [0.1, 0.15) is 5.82 Å². The number of hydrogen-bond donors (Lipinski definition) is 4. The van der Waals surface area contributed by atoms with Gasteiger partial charge in [0.15, 0.2) is 5.65 Å². The second-order valence-corrected chi connectivity index (χ2v) is 7.70. The van der Waals surface area contributed by atoms with Crippen LogP contribution >= 0.6 is 0 Å². The normalized spacial score (nSPS) is 24.0. The molecule has 1 aliphatic carbocycles. The molecule has 0 spiro atoms. The summed E-state index contributed by atoms with van der Waals surface area (Å²) in [5.41, 5.74) is 10.7. The molecule has 0 amide bonds. The van der Waals surface area contributed by atoms with Gasteiger partial charge < -0.3 is 16.1 Å². The minimum Gasteiger partial charge on any atom is -0.367 e. The lowest BCUT2D eigenvalue weighted by atomic mass is 9.95. The van der Waals surface area contributed by atoms with Crippen LogP contribution in [-0.2, 0) is 0 Å². The van der Waals surface area contributed by atoms with Gasteiger partial charge in [0.05, 0.1) is 11.9 Å². The van der Waals surface area contributed by atoms with E-state index in [-0.39, 0.29) is 0 Å². The Labute approximate surface area is 153 Å². The zero-order valence-electron chi connectivity index (χ0n) is 15.1. The third-order valence-corrected chi connectivity index (χ3v) is 5.89. The number of aromatic nitrogens is 3. The quantitative estimate of drug-likeness (QED) is 0.673. The topological polar surface area (TPSA) is 78.3 Å². The van der Waals surface area contributed by atoms with Gasteiger partial charge in [-0.25, -0.2) is 10.4 Å². The smallest absolute Gasteiger partial charge is 0.165 e. The number of hydrogen-bond acceptors (Lipinski definition) is 6. The Bertz CT molecular complexity index is 813. The van der Waals surface area contributed by atoms with Crippen LogP contribution in [0.3, 0.4) is 0 Å². The zero-order valence-corrected chi connectivity index (χ0v) is 15.1. The Kier molecular flexibility index (Phi) is 4.26. The molecule has 2 aromatic rings. The molecule has 4 heterocycles. The summed E-state index contributed by atoms with van der Waals surface area (Å²) in [6, 6.07) is 2.79. The lowest BCUT2D eigenvalue weighted by Gasteiger charge is -2.24. The van der Waals surface area contributed by atoms with Crippen molar-refractivity contribution in [2.24, 2.45) is 0 Å². The molecule has 4 N–H and O–H groups in total. The summed E-state index contributed by atoms with van der Waals surface area (Å²) in [6.45, 7) is 2.93. The van der Waals surface area contributed by atoms with Crippen molar-refractivity contribution in [1.29, 1.82) is 0 Å². The minimum atomic E-state index is 0.481. The highest BCUT2D eigenvalue weighted by molar-refractivity contribution is 5.78. The van der Waals surface area contributed by atoms with Crippen molar-refractivity contribution in [2.75, 3.05) is 25.0 Å². The zero-order chi connectivity index (χ0) is 17.3. The lowest BCUT2D eigenvalue weighted by molar-refractivity contribution is 0.455. The Balaban J connectivity index is 1.58. The van der Waals surface area contributed by atoms with Crippen molar-refractivity contribution >= 4 is 17.0 Å². The van der Waals surface area contributed by atoms with Crippen molar-refractivity contribution in [3.05, 3.63) is 29.7 Å². The molecular weight excluding hydrogens is 326 g/mol. The van der Waals surface area contributed by atoms with Gasteiger partial charge in [-0.05, 0) is 37.8 Å². The first kappa shape index (κ1) is 16.1. The fourth-order valence-electron chi connectivity index (χ4n) is 4.41. The molecule has 1 saturated carbocycles. The van der Waals surface area contributed by atoms with E-state index in [4.69, 9.17) is 4.98 Å². The van der Waals surface area contributed by atoms with E-state index in [0.29, 0.717) is 12.0 Å². The van der Waals surface area contributed by atoms with E-state index in [1.807, 2.05) is 16.9 Å². The van der Waals surface area contributed by atoms with Crippen LogP contribution in [0.25, 0.3) is 11.2 Å². The van der Waals surface area contributed by atoms with Crippen molar-refractivity contribution in [3.8, 4) is 0 Å². The standard InChI is InChI=1S/C19H27N7/c1-2-6-15(5-1)24-18-8-17(13-4-3-7-20-9-13)25-19-16(12-23-26(18)19)14-10-21-22-11-14/h8,10,12-13,15,20-22,24H,1-7,9,11H2. The summed E-state index contributed by atoms with van der Waals surface area (Å²) in [5, 5.41) is 12.0. The van der Waals surface area contributed by atoms with Crippen LogP contribution in [-0.4, -0.2) is 40.3 Å². The Morgan fingerprint density at radius 3 is 2.85 bits per heavy atom. The highest BCUT2D eigenvalue weighted by Gasteiger charge is 2.23. The highest BCUT2D eigenvalue weighted by atomic mass is 15.4. The maximum absolute atomic E-state index is 5.06. The molecule has 1 atom stereocenters. The predicted molar refractivity (Wildman–Crippen MR) is 103 cm³/mol. The number of rotatable bonds is 4. The van der Waals surface area contributed by atoms with Crippen LogP contribution in [0, 0.1) is 0 Å². The number of nitrogens with one attached hydrogen (secondary N) is 4. The van der Waals surface area contributed by atoms with Gasteiger partial charge in [0.25, 0.3) is 0 Å². The van der Waals surface area contributed by atoms with E-state index >= 15 is 0 Å². The summed E-state index contributed by atoms with van der Waals surface area (Å²) >= 11 is 0. The van der Waals surface area contributed by atoms with Crippen molar-refractivity contribution < 1.29 is 0 Å². The van der Waals surface area contributed by atoms with Gasteiger partial charge in [-0.2, -0.15) is 9.61 Å². The van der Waals surface area contributed by atoms with Gasteiger partial charge in [-0.15, -0.1) is 0 Å². The third kappa shape index (κ3) is 2.95. The Hall–Kier alpha value is -2.12. The van der Waals surface area contributed by atoms with Crippen LogP contribution in [0.5, 0.6) is 0 Å². The first-order valence-electron chi connectivity index (χ1n) is 9.92. The van der Waals surface area contributed by atoms with Gasteiger partial charge in [0, 0.05) is 42.9 Å². The van der Waals surface area contributed by atoms with E-state index in [1.165, 1.54) is 49.8 Å². The molecule has 2 aromatic heterocycles. The first-order chi connectivity index (χ1) is 12.9. The average molecular weight is 353 g/mol. The van der Waals surface area contributed by atoms with Crippen LogP contribution in [0.1, 0.15) is 55.7 Å². The van der Waals surface area contributed by atoms with Crippen LogP contribution in [0.2, 0.25) is 0 Å². The second-order valence-electron chi connectivity index (χ2n) is 7.70. The summed E-state index contributed by atoms with van der Waals surface area (Å²) in [4.78, 5) is 5.06. The van der Waals surface area contributed by atoms with Gasteiger partial charge in [0.2, 0.25) is 0 Å². The molecule has 7 heteroatoms. The molecule has 3 aliphatic rings. The number of anilines is 1. The first-order valence-corrected chi connectivity index (χ1v) is 9.92. The molecule has 0 bridgehead atoms. The fourth-order valence-corrected chi connectivity index (χ4v) is 4.41. The molecule has 26 heavy (non-hydrogen) atoms. The van der Waals surface area contributed by atoms with Gasteiger partial charge >= 0.3 is 0 Å². The Morgan fingerprint density at radius 1 is 1.15 bits per heavy atom. The summed E-state index contributed by atoms with van der Waals surface area (Å²) in [7, 11) is 0. The summed E-state index contributed by atoms with van der Waals surface area (Å²) < 4.78 is 1.99. The summed E-state index contributed by atoms with van der Waals surface area (Å²) in [6.07, 6.45) is 11.5. The van der Waals surface area contributed by atoms with E-state index in [0.717, 1.165) is 36.7 Å². The second kappa shape index (κ2) is 6.89. The largest absolute Gasteiger partial charge is 0.367 e. The maximum Gasteiger partial charge on any atom is 0.165 e. The molecular formula is C19H27N7. The highest BCUT2D eigenvalue weighted by Crippen LogP contribution is 2.30. The van der Waals surface area contributed by atoms with E-state index in [2.05, 4.69) is 32.7 Å². The summed E-state index contributed by atoms with van der Waals surface area (Å²) in [5.74, 6) is 1.57. The number of fused-ring (bicyclic) bond motifs is 1. The maximum atomic E-state index is 5.06. The van der Waals surface area contributed by atoms with E-state index < -0.39 is 0 Å². The molecule has 138 valence electrons. The number of nitrogens with zero attached hydrogens (tertiary/aromatic N) is 3. The van der Waals surface area contributed by atoms with E-state index in [1.54, 1.807) is 0 Å². The van der Waals surface area contributed by atoms with Crippen molar-refractivity contribution in [3.63, 3.8) is 0 Å². The lowest BCUT2D eigenvalue weighted by Crippen LogP contribution is -2.29. The number of hydrazine groups is 1. The van der Waals surface area contributed by atoms with Crippen LogP contribution in [0.15, 0.2) is 18.5 Å². The molecule has 2 fully saturated rings. The average Bonchev–Trinajstić information content (AvgIpc) is 3.43. The number of piperidine rings is 1. The molecule has 0 radical (unpaired) electrons. The fraction of sp³-hybridized carbons (Fsp3) is 0.579. The molecule has 2 aliphatic heterocycles. The predicted octanol–water partition coefficient (Wildman–Crippen LogP) is 2.00. The monoisotopic (exact) mass is 353 g/mol. The molecule has 1 unspecified atom stereocenters. The van der Waals surface area contributed by atoms with Crippen molar-refractivity contribution in [2.45, 2.75) is 50.5 Å². The van der Waals surface area contributed by atoms with Gasteiger partial charge in [-0.1, -0.05) is 12.8 Å².